The van der Waals surface area contributed by atoms with E-state index in [1.165, 1.54) is 16.9 Å². The Bertz CT molecular complexity index is 1480. The van der Waals surface area contributed by atoms with Gasteiger partial charge in [-0.1, -0.05) is 18.2 Å². The van der Waals surface area contributed by atoms with Crippen molar-refractivity contribution in [1.29, 1.82) is 5.26 Å². The Labute approximate surface area is 207 Å². The number of hydrogen-bond donors (Lipinski definition) is 0. The zero-order valence-electron chi connectivity index (χ0n) is 19.7. The van der Waals surface area contributed by atoms with Gasteiger partial charge in [-0.15, -0.1) is 11.3 Å². The summed E-state index contributed by atoms with van der Waals surface area (Å²) in [4.78, 5) is 24.5. The number of fused-ring (bicyclic) bond motifs is 1. The third kappa shape index (κ3) is 4.87. The van der Waals surface area contributed by atoms with Gasteiger partial charge in [-0.3, -0.25) is 9.69 Å². The molecule has 0 atom stereocenters. The van der Waals surface area contributed by atoms with E-state index in [2.05, 4.69) is 21.6 Å². The first-order valence-corrected chi connectivity index (χ1v) is 12.3. The van der Waals surface area contributed by atoms with E-state index in [0.717, 1.165) is 65.3 Å². The van der Waals surface area contributed by atoms with Crippen LogP contribution in [0.4, 0.5) is 0 Å². The molecular weight excluding hydrogens is 458 g/mol. The van der Waals surface area contributed by atoms with Gasteiger partial charge in [-0.05, 0) is 54.3 Å². The first-order valence-electron chi connectivity index (χ1n) is 11.5. The number of aryl methyl sites for hydroxylation is 2. The Morgan fingerprint density at radius 3 is 2.83 bits per heavy atom. The maximum Gasteiger partial charge on any atom is 0.214 e. The summed E-state index contributed by atoms with van der Waals surface area (Å²) in [6.07, 6.45) is 4.01. The molecule has 8 heteroatoms. The molecule has 4 heterocycles. The summed E-state index contributed by atoms with van der Waals surface area (Å²) in [5.74, 6) is 1.60. The topological polar surface area (TPSA) is 84.0 Å². The van der Waals surface area contributed by atoms with Gasteiger partial charge in [0.1, 0.15) is 17.3 Å². The van der Waals surface area contributed by atoms with E-state index in [0.29, 0.717) is 22.9 Å². The number of thiophene rings is 1. The van der Waals surface area contributed by atoms with E-state index in [1.807, 2.05) is 56.4 Å². The second kappa shape index (κ2) is 9.82. The smallest absolute Gasteiger partial charge is 0.214 e. The van der Waals surface area contributed by atoms with Crippen LogP contribution < -0.4 is 4.74 Å². The monoisotopic (exact) mass is 483 g/mol. The van der Waals surface area contributed by atoms with Crippen LogP contribution in [0.15, 0.2) is 48.5 Å². The Kier molecular flexibility index (Phi) is 6.45. The summed E-state index contributed by atoms with van der Waals surface area (Å²) >= 11 is 1.43. The van der Waals surface area contributed by atoms with Crippen LogP contribution in [-0.4, -0.2) is 38.8 Å². The van der Waals surface area contributed by atoms with Crippen molar-refractivity contribution in [1.82, 2.24) is 19.4 Å². The molecule has 0 N–H and O–H groups in total. The first kappa shape index (κ1) is 23.0. The molecule has 1 aromatic carbocycles. The molecule has 0 amide bonds. The average molecular weight is 484 g/mol. The summed E-state index contributed by atoms with van der Waals surface area (Å²) in [6, 6.07) is 15.6. The quantitative estimate of drug-likeness (QED) is 0.348. The number of carbonyl (C=O) groups excluding carboxylic acids is 1. The van der Waals surface area contributed by atoms with Crippen molar-refractivity contribution in [2.75, 3.05) is 13.1 Å². The molecule has 5 rings (SSSR count). The lowest BCUT2D eigenvalue weighted by atomic mass is 10.0. The number of carbonyl (C=O) groups is 1. The number of pyridine rings is 1. The molecule has 7 nitrogen and oxygen atoms in total. The van der Waals surface area contributed by atoms with Crippen LogP contribution in [0.25, 0.3) is 15.9 Å². The number of benzene rings is 1. The van der Waals surface area contributed by atoms with Gasteiger partial charge in [0, 0.05) is 26.2 Å². The van der Waals surface area contributed by atoms with Crippen LogP contribution in [0.1, 0.15) is 44.3 Å². The van der Waals surface area contributed by atoms with Crippen molar-refractivity contribution in [3.8, 4) is 11.9 Å². The molecule has 0 radical (unpaired) electrons. The van der Waals surface area contributed by atoms with Crippen molar-refractivity contribution in [3.63, 3.8) is 0 Å². The van der Waals surface area contributed by atoms with Crippen molar-refractivity contribution in [2.45, 2.75) is 26.5 Å². The van der Waals surface area contributed by atoms with Crippen LogP contribution in [0.5, 0.6) is 5.88 Å². The van der Waals surface area contributed by atoms with Gasteiger partial charge < -0.3 is 9.30 Å². The lowest BCUT2D eigenvalue weighted by Gasteiger charge is -2.25. The van der Waals surface area contributed by atoms with Crippen molar-refractivity contribution in [2.24, 2.45) is 7.05 Å². The highest BCUT2D eigenvalue weighted by Crippen LogP contribution is 2.27. The van der Waals surface area contributed by atoms with E-state index >= 15 is 0 Å². The maximum atomic E-state index is 11.0. The summed E-state index contributed by atoms with van der Waals surface area (Å²) < 4.78 is 8.04. The summed E-state index contributed by atoms with van der Waals surface area (Å²) in [5, 5.41) is 9.04. The number of rotatable bonds is 7. The number of aromatic nitrogens is 3. The van der Waals surface area contributed by atoms with Crippen LogP contribution >= 0.6 is 11.3 Å². The molecule has 1 aliphatic rings. The van der Waals surface area contributed by atoms with Gasteiger partial charge in [0.05, 0.1) is 34.3 Å². The zero-order valence-corrected chi connectivity index (χ0v) is 20.5. The molecule has 0 fully saturated rings. The normalized spacial score (nSPS) is 14.0. The second-order valence-electron chi connectivity index (χ2n) is 8.66. The summed E-state index contributed by atoms with van der Waals surface area (Å²) in [7, 11) is 2.01. The number of aldehydes is 1. The van der Waals surface area contributed by atoms with Crippen molar-refractivity contribution in [3.05, 3.63) is 81.6 Å². The molecule has 176 valence electrons. The zero-order chi connectivity index (χ0) is 24.4. The third-order valence-corrected chi connectivity index (χ3v) is 7.31. The fraction of sp³-hybridized carbons (Fsp3) is 0.259. The predicted molar refractivity (Wildman–Crippen MR) is 136 cm³/mol. The predicted octanol–water partition coefficient (Wildman–Crippen LogP) is 4.89. The van der Waals surface area contributed by atoms with Crippen LogP contribution in [0.2, 0.25) is 0 Å². The van der Waals surface area contributed by atoms with Gasteiger partial charge in [-0.2, -0.15) is 5.26 Å². The van der Waals surface area contributed by atoms with Crippen molar-refractivity contribution >= 4 is 33.5 Å². The fourth-order valence-corrected chi connectivity index (χ4v) is 5.17. The van der Waals surface area contributed by atoms with E-state index < -0.39 is 0 Å². The Morgan fingerprint density at radius 1 is 1.23 bits per heavy atom. The number of imidazole rings is 1. The van der Waals surface area contributed by atoms with Gasteiger partial charge in [0.25, 0.3) is 0 Å². The first-order chi connectivity index (χ1) is 17.0. The number of ether oxygens (including phenoxy) is 1. The summed E-state index contributed by atoms with van der Waals surface area (Å²) in [6.45, 7) is 4.91. The molecule has 3 aromatic heterocycles. The number of hydrogen-bond acceptors (Lipinski definition) is 7. The van der Waals surface area contributed by atoms with Gasteiger partial charge in [0.15, 0.2) is 6.29 Å². The highest BCUT2D eigenvalue weighted by Gasteiger charge is 2.18. The molecular formula is C27H25N5O2S. The minimum Gasteiger partial charge on any atom is -0.473 e. The summed E-state index contributed by atoms with van der Waals surface area (Å²) in [5.41, 5.74) is 5.90. The van der Waals surface area contributed by atoms with E-state index in [9.17, 15) is 4.79 Å². The highest BCUT2D eigenvalue weighted by atomic mass is 32.1. The minimum atomic E-state index is 0.413. The highest BCUT2D eigenvalue weighted by molar-refractivity contribution is 7.20. The lowest BCUT2D eigenvalue weighted by molar-refractivity contribution is 0.112. The SMILES string of the molecule is Cc1cc(C#N)ccc1COc1cccc(C2=CCN(Cc3nc4sc(C=O)cc4n3C)CC2)n1. The van der Waals surface area contributed by atoms with Crippen LogP contribution in [-0.2, 0) is 20.2 Å². The average Bonchev–Trinajstić information content (AvgIpc) is 3.42. The Hall–Kier alpha value is -3.80. The lowest BCUT2D eigenvalue weighted by Crippen LogP contribution is -2.29. The maximum absolute atomic E-state index is 11.0. The third-order valence-electron chi connectivity index (χ3n) is 6.37. The van der Waals surface area contributed by atoms with E-state index in [1.54, 1.807) is 0 Å². The largest absolute Gasteiger partial charge is 0.473 e. The minimum absolute atomic E-state index is 0.413. The number of nitriles is 1. The Morgan fingerprint density at radius 2 is 2.11 bits per heavy atom. The van der Waals surface area contributed by atoms with Gasteiger partial charge in [0.2, 0.25) is 5.88 Å². The standard InChI is InChI=1S/C27H25N5O2S/c1-18-12-19(14-28)6-7-21(18)17-34-26-5-3-4-23(29-26)20-8-10-32(11-9-20)15-25-30-27-24(31(25)2)13-22(16-33)35-27/h3-8,12-13,16H,9-11,15,17H2,1-2H3. The molecule has 0 spiro atoms. The fourth-order valence-electron chi connectivity index (χ4n) is 4.28. The molecule has 0 unspecified atom stereocenters. The molecule has 4 aromatic rings. The molecule has 0 saturated heterocycles. The molecule has 0 aliphatic carbocycles. The molecule has 1 aliphatic heterocycles. The van der Waals surface area contributed by atoms with Crippen molar-refractivity contribution < 1.29 is 9.53 Å². The second-order valence-corrected chi connectivity index (χ2v) is 9.72. The molecule has 0 bridgehead atoms. The van der Waals surface area contributed by atoms with E-state index in [-0.39, 0.29) is 0 Å². The van der Waals surface area contributed by atoms with Gasteiger partial charge in [-0.25, -0.2) is 9.97 Å². The molecule has 35 heavy (non-hydrogen) atoms. The van der Waals surface area contributed by atoms with E-state index in [4.69, 9.17) is 20.0 Å². The Balaban J connectivity index is 1.22. The number of nitrogens with zero attached hydrogens (tertiary/aromatic N) is 5. The molecule has 0 saturated carbocycles. The van der Waals surface area contributed by atoms with Crippen LogP contribution in [0, 0.1) is 18.3 Å². The van der Waals surface area contributed by atoms with Crippen LogP contribution in [0.3, 0.4) is 0 Å². The van der Waals surface area contributed by atoms with Gasteiger partial charge >= 0.3 is 0 Å².